The minimum atomic E-state index is -0.0148. The van der Waals surface area contributed by atoms with Gasteiger partial charge < -0.3 is 9.47 Å². The number of hydrogen-bond acceptors (Lipinski definition) is 4. The Morgan fingerprint density at radius 2 is 1.90 bits per heavy atom. The highest BCUT2D eigenvalue weighted by Crippen LogP contribution is 2.59. The van der Waals surface area contributed by atoms with E-state index < -0.39 is 0 Å². The van der Waals surface area contributed by atoms with E-state index in [4.69, 9.17) is 9.47 Å². The molecule has 1 aliphatic heterocycles. The molecule has 4 fully saturated rings. The normalized spacial score (nSPS) is 43.7. The maximum Gasteiger partial charge on any atom is 0.320 e. The molecule has 1 heterocycles. The third kappa shape index (κ3) is 2.27. The van der Waals surface area contributed by atoms with Crippen molar-refractivity contribution in [1.29, 1.82) is 0 Å². The monoisotopic (exact) mass is 279 g/mol. The van der Waals surface area contributed by atoms with Crippen molar-refractivity contribution in [2.24, 2.45) is 23.7 Å². The first-order valence-corrected chi connectivity index (χ1v) is 8.31. The van der Waals surface area contributed by atoms with Crippen LogP contribution in [0, 0.1) is 23.7 Å². The molecule has 5 unspecified atom stereocenters. The highest BCUT2D eigenvalue weighted by atomic mass is 16.5. The van der Waals surface area contributed by atoms with Gasteiger partial charge in [0.25, 0.3) is 0 Å². The molecule has 3 aliphatic carbocycles. The van der Waals surface area contributed by atoms with Crippen molar-refractivity contribution in [1.82, 2.24) is 4.90 Å². The minimum absolute atomic E-state index is 0.0148. The molecule has 4 heteroatoms. The van der Waals surface area contributed by atoms with E-state index in [1.54, 1.807) is 0 Å². The second kappa shape index (κ2) is 5.30. The van der Waals surface area contributed by atoms with Crippen LogP contribution in [0.15, 0.2) is 0 Å². The summed E-state index contributed by atoms with van der Waals surface area (Å²) in [7, 11) is 0. The molecule has 0 amide bonds. The van der Waals surface area contributed by atoms with Crippen molar-refractivity contribution in [2.75, 3.05) is 32.8 Å². The Labute approximate surface area is 120 Å². The predicted octanol–water partition coefficient (Wildman–Crippen LogP) is 1.69. The Morgan fingerprint density at radius 1 is 1.10 bits per heavy atom. The second-order valence-electron chi connectivity index (χ2n) is 7.07. The fourth-order valence-corrected chi connectivity index (χ4v) is 5.29. The average Bonchev–Trinajstić information content (AvgIpc) is 3.11. The van der Waals surface area contributed by atoms with Crippen molar-refractivity contribution < 1.29 is 14.3 Å². The Balaban J connectivity index is 1.30. The van der Waals surface area contributed by atoms with E-state index in [-0.39, 0.29) is 12.1 Å². The summed E-state index contributed by atoms with van der Waals surface area (Å²) >= 11 is 0. The topological polar surface area (TPSA) is 38.8 Å². The van der Waals surface area contributed by atoms with Crippen LogP contribution >= 0.6 is 0 Å². The SMILES string of the molecule is O=C(CN1CCOCC1)OC1CC2CC1C1CCCC21. The van der Waals surface area contributed by atoms with Crippen LogP contribution in [0.1, 0.15) is 32.1 Å². The summed E-state index contributed by atoms with van der Waals surface area (Å²) in [5, 5.41) is 0. The molecular formula is C16H25NO3. The third-order valence-electron chi connectivity index (χ3n) is 6.11. The summed E-state index contributed by atoms with van der Waals surface area (Å²) in [5.74, 6) is 3.36. The zero-order chi connectivity index (χ0) is 13.5. The van der Waals surface area contributed by atoms with Crippen LogP contribution in [0.2, 0.25) is 0 Å². The maximum absolute atomic E-state index is 12.1. The molecule has 0 aromatic heterocycles. The van der Waals surface area contributed by atoms with Crippen molar-refractivity contribution in [2.45, 2.75) is 38.2 Å². The number of rotatable bonds is 3. The third-order valence-corrected chi connectivity index (χ3v) is 6.11. The molecular weight excluding hydrogens is 254 g/mol. The molecule has 20 heavy (non-hydrogen) atoms. The zero-order valence-electron chi connectivity index (χ0n) is 12.1. The largest absolute Gasteiger partial charge is 0.461 e. The van der Waals surface area contributed by atoms with Gasteiger partial charge in [-0.2, -0.15) is 0 Å². The molecule has 112 valence electrons. The Bertz CT molecular complexity index is 380. The molecule has 0 N–H and O–H groups in total. The second-order valence-corrected chi connectivity index (χ2v) is 7.07. The molecule has 3 saturated carbocycles. The maximum atomic E-state index is 12.1. The van der Waals surface area contributed by atoms with Crippen LogP contribution in [0.4, 0.5) is 0 Å². The highest BCUT2D eigenvalue weighted by molar-refractivity contribution is 5.72. The molecule has 5 atom stereocenters. The standard InChI is InChI=1S/C16H25NO3/c18-16(10-17-4-6-19-7-5-17)20-15-9-11-8-14(15)13-3-1-2-12(11)13/h11-15H,1-10H2. The van der Waals surface area contributed by atoms with Crippen molar-refractivity contribution >= 4 is 5.97 Å². The van der Waals surface area contributed by atoms with E-state index in [1.165, 1.54) is 25.7 Å². The summed E-state index contributed by atoms with van der Waals surface area (Å²) in [6, 6.07) is 0. The van der Waals surface area contributed by atoms with E-state index in [0.717, 1.165) is 50.5 Å². The van der Waals surface area contributed by atoms with E-state index in [9.17, 15) is 4.79 Å². The number of esters is 1. The van der Waals surface area contributed by atoms with Gasteiger partial charge in [-0.1, -0.05) is 6.42 Å². The first-order valence-electron chi connectivity index (χ1n) is 8.31. The van der Waals surface area contributed by atoms with E-state index in [1.807, 2.05) is 0 Å². The zero-order valence-corrected chi connectivity index (χ0v) is 12.1. The lowest BCUT2D eigenvalue weighted by molar-refractivity contribution is -0.155. The molecule has 1 saturated heterocycles. The molecule has 0 aromatic rings. The van der Waals surface area contributed by atoms with Gasteiger partial charge in [0.15, 0.2) is 0 Å². The number of carbonyl (C=O) groups excluding carboxylic acids is 1. The van der Waals surface area contributed by atoms with Gasteiger partial charge in [-0.05, 0) is 49.4 Å². The number of nitrogens with zero attached hydrogens (tertiary/aromatic N) is 1. The molecule has 2 bridgehead atoms. The molecule has 4 rings (SSSR count). The Kier molecular flexibility index (Phi) is 3.47. The van der Waals surface area contributed by atoms with Crippen LogP contribution in [-0.4, -0.2) is 49.8 Å². The van der Waals surface area contributed by atoms with Crippen LogP contribution in [0.3, 0.4) is 0 Å². The van der Waals surface area contributed by atoms with Gasteiger partial charge in [0.1, 0.15) is 6.10 Å². The van der Waals surface area contributed by atoms with Crippen LogP contribution in [-0.2, 0) is 14.3 Å². The lowest BCUT2D eigenvalue weighted by Crippen LogP contribution is -2.41. The predicted molar refractivity (Wildman–Crippen MR) is 74.2 cm³/mol. The lowest BCUT2D eigenvalue weighted by Gasteiger charge is -2.32. The number of ether oxygens (including phenoxy) is 2. The van der Waals surface area contributed by atoms with Crippen LogP contribution < -0.4 is 0 Å². The summed E-state index contributed by atoms with van der Waals surface area (Å²) < 4.78 is 11.1. The molecule has 0 aromatic carbocycles. The Morgan fingerprint density at radius 3 is 2.75 bits per heavy atom. The van der Waals surface area contributed by atoms with Crippen molar-refractivity contribution in [3.63, 3.8) is 0 Å². The summed E-state index contributed by atoms with van der Waals surface area (Å²) in [6.45, 7) is 3.65. The van der Waals surface area contributed by atoms with Gasteiger partial charge in [-0.25, -0.2) is 0 Å². The number of fused-ring (bicyclic) bond motifs is 5. The van der Waals surface area contributed by atoms with Gasteiger partial charge in [0.05, 0.1) is 19.8 Å². The molecule has 0 spiro atoms. The molecule has 0 radical (unpaired) electrons. The molecule has 4 aliphatic rings. The highest BCUT2D eigenvalue weighted by Gasteiger charge is 2.55. The van der Waals surface area contributed by atoms with Gasteiger partial charge in [0.2, 0.25) is 0 Å². The van der Waals surface area contributed by atoms with E-state index in [2.05, 4.69) is 4.90 Å². The van der Waals surface area contributed by atoms with Gasteiger partial charge in [-0.3, -0.25) is 9.69 Å². The fraction of sp³-hybridized carbons (Fsp3) is 0.938. The number of morpholine rings is 1. The average molecular weight is 279 g/mol. The fourth-order valence-electron chi connectivity index (χ4n) is 5.29. The van der Waals surface area contributed by atoms with Gasteiger partial charge in [0, 0.05) is 13.1 Å². The summed E-state index contributed by atoms with van der Waals surface area (Å²) in [4.78, 5) is 14.3. The quantitative estimate of drug-likeness (QED) is 0.737. The van der Waals surface area contributed by atoms with E-state index in [0.29, 0.717) is 12.5 Å². The van der Waals surface area contributed by atoms with E-state index >= 15 is 0 Å². The number of hydrogen-bond donors (Lipinski definition) is 0. The molecule has 4 nitrogen and oxygen atoms in total. The minimum Gasteiger partial charge on any atom is -0.461 e. The Hall–Kier alpha value is -0.610. The lowest BCUT2D eigenvalue weighted by atomic mass is 9.80. The first kappa shape index (κ1) is 13.1. The number of carbonyl (C=O) groups is 1. The summed E-state index contributed by atoms with van der Waals surface area (Å²) in [5.41, 5.74) is 0. The van der Waals surface area contributed by atoms with Gasteiger partial charge >= 0.3 is 5.97 Å². The van der Waals surface area contributed by atoms with Crippen molar-refractivity contribution in [3.8, 4) is 0 Å². The van der Waals surface area contributed by atoms with Gasteiger partial charge in [-0.15, -0.1) is 0 Å². The summed E-state index contributed by atoms with van der Waals surface area (Å²) in [6.07, 6.45) is 6.90. The first-order chi connectivity index (χ1) is 9.81. The smallest absolute Gasteiger partial charge is 0.320 e. The van der Waals surface area contributed by atoms with Crippen molar-refractivity contribution in [3.05, 3.63) is 0 Å². The van der Waals surface area contributed by atoms with Crippen LogP contribution in [0.25, 0.3) is 0 Å². The van der Waals surface area contributed by atoms with Crippen LogP contribution in [0.5, 0.6) is 0 Å².